The molecule has 4 heterocycles. The van der Waals surface area contributed by atoms with Crippen LogP contribution in [-0.4, -0.2) is 66.6 Å². The summed E-state index contributed by atoms with van der Waals surface area (Å²) in [5.41, 5.74) is 4.23. The molecule has 2 unspecified atom stereocenters. The molecule has 0 spiro atoms. The van der Waals surface area contributed by atoms with Crippen LogP contribution in [0.4, 0.5) is 24.7 Å². The number of rotatable bonds is 5. The Hall–Kier alpha value is -2.98. The smallest absolute Gasteiger partial charge is 0.378 e. The molecule has 2 aromatic heterocycles. The summed E-state index contributed by atoms with van der Waals surface area (Å²) in [5.74, 6) is 0.666. The molecule has 2 atom stereocenters. The van der Waals surface area contributed by atoms with E-state index in [1.165, 1.54) is 0 Å². The van der Waals surface area contributed by atoms with Crippen molar-refractivity contribution in [2.75, 3.05) is 49.6 Å². The average Bonchev–Trinajstić information content (AvgIpc) is 2.87. The van der Waals surface area contributed by atoms with Crippen molar-refractivity contribution in [1.29, 1.82) is 0 Å². The second-order valence-corrected chi connectivity index (χ2v) is 8.75. The molecule has 5 rings (SSSR count). The summed E-state index contributed by atoms with van der Waals surface area (Å²) in [4.78, 5) is 16.0. The summed E-state index contributed by atoms with van der Waals surface area (Å²) < 4.78 is 44.2. The molecule has 34 heavy (non-hydrogen) atoms. The summed E-state index contributed by atoms with van der Waals surface area (Å²) >= 11 is 0. The molecule has 0 amide bonds. The average molecular weight is 473 g/mol. The monoisotopic (exact) mass is 472 g/mol. The van der Waals surface area contributed by atoms with Crippen molar-refractivity contribution in [3.05, 3.63) is 42.7 Å². The Morgan fingerprint density at radius 1 is 1.06 bits per heavy atom. The predicted molar refractivity (Wildman–Crippen MR) is 125 cm³/mol. The molecule has 3 aromatic rings. The van der Waals surface area contributed by atoms with E-state index in [4.69, 9.17) is 9.72 Å². The second kappa shape index (κ2) is 9.71. The largest absolute Gasteiger partial charge is 0.403 e. The number of hydrogen-bond acceptors (Lipinski definition) is 7. The Morgan fingerprint density at radius 3 is 2.53 bits per heavy atom. The maximum absolute atomic E-state index is 12.9. The van der Waals surface area contributed by atoms with Crippen molar-refractivity contribution < 1.29 is 17.9 Å². The standard InChI is InChI=1S/C24H27F3N6O/c25-24(26,27)21-6-1-16(14-30-21)15-31-23-22-20(28-7-8-29-22)13-19(32-23)17-2-4-18(5-3-17)33-9-11-34-12-10-33/h2-5,7-8,13,16,21,30H,1,6,9-12,14-15H2,(H,31,32). The molecule has 2 aliphatic rings. The third-order valence-corrected chi connectivity index (χ3v) is 6.47. The summed E-state index contributed by atoms with van der Waals surface area (Å²) in [6, 6.07) is 8.75. The number of anilines is 2. The fourth-order valence-electron chi connectivity index (χ4n) is 4.52. The van der Waals surface area contributed by atoms with E-state index < -0.39 is 12.2 Å². The minimum absolute atomic E-state index is 0.0728. The van der Waals surface area contributed by atoms with Gasteiger partial charge in [0.2, 0.25) is 0 Å². The number of morpholine rings is 1. The minimum Gasteiger partial charge on any atom is -0.378 e. The third kappa shape index (κ3) is 5.07. The molecule has 0 saturated carbocycles. The molecule has 180 valence electrons. The number of pyridine rings is 1. The van der Waals surface area contributed by atoms with Crippen LogP contribution >= 0.6 is 0 Å². The van der Waals surface area contributed by atoms with E-state index in [9.17, 15) is 13.2 Å². The quantitative estimate of drug-likeness (QED) is 0.584. The van der Waals surface area contributed by atoms with E-state index >= 15 is 0 Å². The minimum atomic E-state index is -4.20. The molecule has 7 nitrogen and oxygen atoms in total. The molecule has 2 N–H and O–H groups in total. The highest BCUT2D eigenvalue weighted by Gasteiger charge is 2.41. The van der Waals surface area contributed by atoms with E-state index in [1.54, 1.807) is 12.4 Å². The van der Waals surface area contributed by atoms with Crippen molar-refractivity contribution in [3.8, 4) is 11.3 Å². The first-order valence-electron chi connectivity index (χ1n) is 11.6. The Morgan fingerprint density at radius 2 is 1.82 bits per heavy atom. The number of benzene rings is 1. The van der Waals surface area contributed by atoms with E-state index in [-0.39, 0.29) is 12.3 Å². The van der Waals surface area contributed by atoms with E-state index in [1.807, 2.05) is 18.2 Å². The van der Waals surface area contributed by atoms with Crippen LogP contribution in [0.5, 0.6) is 0 Å². The van der Waals surface area contributed by atoms with Crippen LogP contribution < -0.4 is 15.5 Å². The van der Waals surface area contributed by atoms with Gasteiger partial charge in [-0.05, 0) is 37.0 Å². The molecule has 0 aliphatic carbocycles. The van der Waals surface area contributed by atoms with Crippen LogP contribution in [0.2, 0.25) is 0 Å². The van der Waals surface area contributed by atoms with E-state index in [0.29, 0.717) is 36.4 Å². The first-order chi connectivity index (χ1) is 16.5. The van der Waals surface area contributed by atoms with Gasteiger partial charge in [-0.25, -0.2) is 9.97 Å². The lowest BCUT2D eigenvalue weighted by molar-refractivity contribution is -0.161. The number of nitrogens with zero attached hydrogens (tertiary/aromatic N) is 4. The molecule has 1 aromatic carbocycles. The van der Waals surface area contributed by atoms with Crippen molar-refractivity contribution in [2.45, 2.75) is 25.1 Å². The third-order valence-electron chi connectivity index (χ3n) is 6.47. The Balaban J connectivity index is 1.33. The highest BCUT2D eigenvalue weighted by Crippen LogP contribution is 2.30. The zero-order chi connectivity index (χ0) is 23.5. The van der Waals surface area contributed by atoms with Gasteiger partial charge in [0, 0.05) is 49.8 Å². The van der Waals surface area contributed by atoms with Crippen molar-refractivity contribution in [3.63, 3.8) is 0 Å². The number of piperidine rings is 1. The van der Waals surface area contributed by atoms with Crippen LogP contribution in [-0.2, 0) is 4.74 Å². The number of alkyl halides is 3. The number of hydrogen-bond donors (Lipinski definition) is 2. The van der Waals surface area contributed by atoms with Gasteiger partial charge in [0.05, 0.1) is 24.4 Å². The lowest BCUT2D eigenvalue weighted by atomic mass is 9.94. The van der Waals surface area contributed by atoms with Crippen molar-refractivity contribution in [2.24, 2.45) is 5.92 Å². The molecular formula is C24H27F3N6O. The van der Waals surface area contributed by atoms with Crippen LogP contribution in [0.25, 0.3) is 22.3 Å². The van der Waals surface area contributed by atoms with Crippen molar-refractivity contribution >= 4 is 22.5 Å². The number of halogens is 3. The fraction of sp³-hybridized carbons (Fsp3) is 0.458. The molecule has 10 heteroatoms. The van der Waals surface area contributed by atoms with Gasteiger partial charge < -0.3 is 20.3 Å². The number of ether oxygens (including phenoxy) is 1. The lowest BCUT2D eigenvalue weighted by Crippen LogP contribution is -2.49. The molecule has 2 aliphatic heterocycles. The zero-order valence-electron chi connectivity index (χ0n) is 18.7. The van der Waals surface area contributed by atoms with Crippen molar-refractivity contribution in [1.82, 2.24) is 20.3 Å². The molecule has 0 radical (unpaired) electrons. The summed E-state index contributed by atoms with van der Waals surface area (Å²) in [7, 11) is 0. The number of aromatic nitrogens is 3. The van der Waals surface area contributed by atoms with Gasteiger partial charge in [-0.1, -0.05) is 12.1 Å². The summed E-state index contributed by atoms with van der Waals surface area (Å²) in [5, 5.41) is 5.95. The first kappa shape index (κ1) is 22.8. The Labute approximate surface area is 195 Å². The van der Waals surface area contributed by atoms with Crippen LogP contribution in [0.1, 0.15) is 12.8 Å². The van der Waals surface area contributed by atoms with E-state index in [2.05, 4.69) is 37.6 Å². The van der Waals surface area contributed by atoms with Gasteiger partial charge in [0.1, 0.15) is 11.6 Å². The lowest BCUT2D eigenvalue weighted by Gasteiger charge is -2.31. The van der Waals surface area contributed by atoms with Gasteiger partial charge in [-0.2, -0.15) is 13.2 Å². The van der Waals surface area contributed by atoms with E-state index in [0.717, 1.165) is 43.2 Å². The maximum atomic E-state index is 12.9. The Kier molecular flexibility index (Phi) is 6.51. The van der Waals surface area contributed by atoms with Gasteiger partial charge in [-0.3, -0.25) is 4.98 Å². The first-order valence-corrected chi connectivity index (χ1v) is 11.6. The maximum Gasteiger partial charge on any atom is 0.403 e. The summed E-state index contributed by atoms with van der Waals surface area (Å²) in [6.45, 7) is 4.03. The highest BCUT2D eigenvalue weighted by molar-refractivity contribution is 5.88. The van der Waals surface area contributed by atoms with Crippen LogP contribution in [0.3, 0.4) is 0 Å². The normalized spacial score (nSPS) is 21.6. The van der Waals surface area contributed by atoms with Gasteiger partial charge >= 0.3 is 6.18 Å². The van der Waals surface area contributed by atoms with Crippen LogP contribution in [0.15, 0.2) is 42.7 Å². The predicted octanol–water partition coefficient (Wildman–Crippen LogP) is 3.87. The van der Waals surface area contributed by atoms with Gasteiger partial charge in [0.15, 0.2) is 5.82 Å². The topological polar surface area (TPSA) is 75.2 Å². The summed E-state index contributed by atoms with van der Waals surface area (Å²) in [6.07, 6.45) is -0.366. The molecule has 2 fully saturated rings. The van der Waals surface area contributed by atoms with Gasteiger partial charge in [-0.15, -0.1) is 0 Å². The zero-order valence-corrected chi connectivity index (χ0v) is 18.7. The Bertz CT molecular complexity index is 1110. The highest BCUT2D eigenvalue weighted by atomic mass is 19.4. The van der Waals surface area contributed by atoms with Crippen LogP contribution in [0, 0.1) is 5.92 Å². The molecular weight excluding hydrogens is 445 g/mol. The second-order valence-electron chi connectivity index (χ2n) is 8.75. The molecule has 2 saturated heterocycles. The SMILES string of the molecule is FC(F)(F)C1CCC(CNc2nc(-c3ccc(N4CCOCC4)cc3)cc3nccnc23)CN1. The fourth-order valence-corrected chi connectivity index (χ4v) is 4.52. The number of nitrogens with one attached hydrogen (secondary N) is 2. The molecule has 0 bridgehead atoms. The van der Waals surface area contributed by atoms with Gasteiger partial charge in [0.25, 0.3) is 0 Å². The number of fused-ring (bicyclic) bond motifs is 1.